The third-order valence-corrected chi connectivity index (χ3v) is 7.00. The monoisotopic (exact) mass is 393 g/mol. The van der Waals surface area contributed by atoms with E-state index in [1.54, 1.807) is 11.0 Å². The first kappa shape index (κ1) is 18.9. The number of carbonyl (C=O) groups excluding carboxylic acids is 1. The van der Waals surface area contributed by atoms with Gasteiger partial charge in [0.2, 0.25) is 5.91 Å². The zero-order valence-corrected chi connectivity index (χ0v) is 15.8. The maximum absolute atomic E-state index is 13.2. The highest BCUT2D eigenvalue weighted by molar-refractivity contribution is 7.99. The maximum Gasteiger partial charge on any atom is 0.237 e. The average Bonchev–Trinajstić information content (AvgIpc) is 2.96. The molecule has 0 saturated carbocycles. The second-order valence-corrected chi connectivity index (χ2v) is 9.49. The Hall–Kier alpha value is -1.86. The molecule has 3 rings (SSSR count). The quantitative estimate of drug-likeness (QED) is 0.756. The van der Waals surface area contributed by atoms with Gasteiger partial charge >= 0.3 is 0 Å². The fourth-order valence-corrected chi connectivity index (χ4v) is 5.61. The molecule has 4 nitrogen and oxygen atoms in total. The van der Waals surface area contributed by atoms with Crippen LogP contribution in [-0.2, 0) is 20.4 Å². The summed E-state index contributed by atoms with van der Waals surface area (Å²) < 4.78 is 36.9. The van der Waals surface area contributed by atoms with Crippen LogP contribution in [0.5, 0.6) is 0 Å². The van der Waals surface area contributed by atoms with E-state index >= 15 is 0 Å². The van der Waals surface area contributed by atoms with E-state index in [1.165, 1.54) is 23.9 Å². The number of thioether (sulfide) groups is 1. The minimum atomic E-state index is -3.09. The number of nitrogens with zero attached hydrogens (tertiary/aromatic N) is 1. The van der Waals surface area contributed by atoms with Crippen molar-refractivity contribution < 1.29 is 17.6 Å². The van der Waals surface area contributed by atoms with Crippen molar-refractivity contribution in [1.29, 1.82) is 0 Å². The molecule has 1 atom stereocenters. The summed E-state index contributed by atoms with van der Waals surface area (Å²) in [6, 6.07) is 15.1. The van der Waals surface area contributed by atoms with Crippen molar-refractivity contribution in [2.45, 2.75) is 18.2 Å². The molecule has 1 aliphatic rings. The van der Waals surface area contributed by atoms with Crippen molar-refractivity contribution in [1.82, 2.24) is 0 Å². The number of amides is 1. The average molecular weight is 394 g/mol. The van der Waals surface area contributed by atoms with E-state index in [9.17, 15) is 17.6 Å². The molecule has 1 unspecified atom stereocenters. The van der Waals surface area contributed by atoms with Crippen molar-refractivity contribution >= 4 is 33.2 Å². The zero-order valence-electron chi connectivity index (χ0n) is 14.2. The third-order valence-electron chi connectivity index (χ3n) is 4.26. The first-order chi connectivity index (χ1) is 12.4. The number of sulfone groups is 1. The van der Waals surface area contributed by atoms with Gasteiger partial charge in [-0.15, -0.1) is 11.8 Å². The van der Waals surface area contributed by atoms with Crippen LogP contribution in [0.1, 0.15) is 12.0 Å². The third kappa shape index (κ3) is 4.86. The fraction of sp³-hybridized carbons (Fsp3) is 0.316. The van der Waals surface area contributed by atoms with Crippen LogP contribution in [0.4, 0.5) is 10.1 Å². The Morgan fingerprint density at radius 1 is 1.15 bits per heavy atom. The largest absolute Gasteiger partial charge is 0.308 e. The molecule has 26 heavy (non-hydrogen) atoms. The Morgan fingerprint density at radius 3 is 2.58 bits per heavy atom. The number of halogens is 1. The highest BCUT2D eigenvalue weighted by atomic mass is 32.2. The number of anilines is 1. The number of hydrogen-bond donors (Lipinski definition) is 0. The lowest BCUT2D eigenvalue weighted by Gasteiger charge is -2.28. The Morgan fingerprint density at radius 2 is 1.92 bits per heavy atom. The van der Waals surface area contributed by atoms with Crippen molar-refractivity contribution in [3.63, 3.8) is 0 Å². The van der Waals surface area contributed by atoms with Crippen LogP contribution in [0.2, 0.25) is 0 Å². The Labute approximate surface area is 157 Å². The molecule has 1 fully saturated rings. The molecule has 0 aromatic heterocycles. The van der Waals surface area contributed by atoms with Crippen LogP contribution in [0.3, 0.4) is 0 Å². The van der Waals surface area contributed by atoms with Crippen LogP contribution in [0, 0.1) is 5.82 Å². The van der Waals surface area contributed by atoms with Crippen molar-refractivity contribution in [3.8, 4) is 0 Å². The summed E-state index contributed by atoms with van der Waals surface area (Å²) in [7, 11) is -3.09. The molecule has 138 valence electrons. The predicted molar refractivity (Wildman–Crippen MR) is 104 cm³/mol. The smallest absolute Gasteiger partial charge is 0.237 e. The second-order valence-electron chi connectivity index (χ2n) is 6.28. The topological polar surface area (TPSA) is 54.5 Å². The van der Waals surface area contributed by atoms with E-state index < -0.39 is 9.84 Å². The first-order valence-corrected chi connectivity index (χ1v) is 11.3. The Balaban J connectivity index is 1.69. The van der Waals surface area contributed by atoms with E-state index in [0.717, 1.165) is 5.56 Å². The van der Waals surface area contributed by atoms with Crippen LogP contribution in [0.25, 0.3) is 0 Å². The summed E-state index contributed by atoms with van der Waals surface area (Å²) in [6.45, 7) is 0. The first-order valence-electron chi connectivity index (χ1n) is 8.34. The standard InChI is InChI=1S/C19H20FNO3S2/c20-16-6-4-5-15(11-16)12-25-13-19(22)21(17-7-2-1-3-8-17)18-9-10-26(23,24)14-18/h1-8,11,18H,9-10,12-14H2. The lowest BCUT2D eigenvalue weighted by Crippen LogP contribution is -2.42. The lowest BCUT2D eigenvalue weighted by atomic mass is 10.2. The minimum absolute atomic E-state index is 0.00218. The number of para-hydroxylation sites is 1. The van der Waals surface area contributed by atoms with E-state index in [2.05, 4.69) is 0 Å². The van der Waals surface area contributed by atoms with E-state index in [0.29, 0.717) is 17.9 Å². The van der Waals surface area contributed by atoms with Gasteiger partial charge < -0.3 is 4.90 Å². The second kappa shape index (κ2) is 8.22. The van der Waals surface area contributed by atoms with Crippen LogP contribution in [-0.4, -0.2) is 37.6 Å². The maximum atomic E-state index is 13.2. The molecule has 1 saturated heterocycles. The fourth-order valence-electron chi connectivity index (χ4n) is 3.08. The molecule has 1 amide bonds. The number of hydrogen-bond acceptors (Lipinski definition) is 4. The predicted octanol–water partition coefficient (Wildman–Crippen LogP) is 3.28. The highest BCUT2D eigenvalue weighted by Crippen LogP contribution is 2.26. The molecular weight excluding hydrogens is 373 g/mol. The number of rotatable bonds is 6. The summed E-state index contributed by atoms with van der Waals surface area (Å²) in [4.78, 5) is 14.4. The van der Waals surface area contributed by atoms with Crippen molar-refractivity contribution in [2.75, 3.05) is 22.2 Å². The van der Waals surface area contributed by atoms with Gasteiger partial charge in [-0.05, 0) is 36.2 Å². The van der Waals surface area contributed by atoms with Gasteiger partial charge in [0.15, 0.2) is 9.84 Å². The van der Waals surface area contributed by atoms with Gasteiger partial charge in [0, 0.05) is 11.4 Å². The lowest BCUT2D eigenvalue weighted by molar-refractivity contribution is -0.116. The Kier molecular flexibility index (Phi) is 5.98. The summed E-state index contributed by atoms with van der Waals surface area (Å²) in [5, 5.41) is 0. The summed E-state index contributed by atoms with van der Waals surface area (Å²) in [6.07, 6.45) is 0.456. The summed E-state index contributed by atoms with van der Waals surface area (Å²) in [5.74, 6) is 0.431. The summed E-state index contributed by atoms with van der Waals surface area (Å²) >= 11 is 1.40. The molecule has 1 heterocycles. The molecular formula is C19H20FNO3S2. The highest BCUT2D eigenvalue weighted by Gasteiger charge is 2.35. The van der Waals surface area contributed by atoms with Crippen molar-refractivity contribution in [3.05, 3.63) is 66.0 Å². The zero-order chi connectivity index (χ0) is 18.6. The van der Waals surface area contributed by atoms with Gasteiger partial charge in [0.05, 0.1) is 23.3 Å². The number of benzene rings is 2. The molecule has 0 bridgehead atoms. The van der Waals surface area contributed by atoms with Gasteiger partial charge in [-0.2, -0.15) is 0 Å². The van der Waals surface area contributed by atoms with Gasteiger partial charge in [-0.3, -0.25) is 4.79 Å². The Bertz CT molecular complexity index is 871. The van der Waals surface area contributed by atoms with Crippen molar-refractivity contribution in [2.24, 2.45) is 0 Å². The van der Waals surface area contributed by atoms with E-state index in [4.69, 9.17) is 0 Å². The van der Waals surface area contributed by atoms with Crippen LogP contribution in [0.15, 0.2) is 54.6 Å². The molecule has 0 spiro atoms. The van der Waals surface area contributed by atoms with Crippen LogP contribution < -0.4 is 4.90 Å². The molecule has 7 heteroatoms. The molecule has 2 aromatic rings. The summed E-state index contributed by atoms with van der Waals surface area (Å²) in [5.41, 5.74) is 1.53. The normalized spacial score (nSPS) is 18.6. The number of carbonyl (C=O) groups is 1. The van der Waals surface area contributed by atoms with E-state index in [-0.39, 0.29) is 35.0 Å². The molecule has 1 aliphatic heterocycles. The molecule has 0 radical (unpaired) electrons. The van der Waals surface area contributed by atoms with Crippen LogP contribution >= 0.6 is 11.8 Å². The van der Waals surface area contributed by atoms with Gasteiger partial charge in [-0.1, -0.05) is 30.3 Å². The molecule has 2 aromatic carbocycles. The SMILES string of the molecule is O=C(CSCc1cccc(F)c1)N(c1ccccc1)C1CCS(=O)(=O)C1. The molecule has 0 aliphatic carbocycles. The minimum Gasteiger partial charge on any atom is -0.308 e. The van der Waals surface area contributed by atoms with Gasteiger partial charge in [0.1, 0.15) is 5.82 Å². The van der Waals surface area contributed by atoms with Gasteiger partial charge in [0.25, 0.3) is 0 Å². The van der Waals surface area contributed by atoms with Gasteiger partial charge in [-0.25, -0.2) is 12.8 Å². The molecule has 0 N–H and O–H groups in total. The van der Waals surface area contributed by atoms with E-state index in [1.807, 2.05) is 36.4 Å².